The van der Waals surface area contributed by atoms with E-state index in [-0.39, 0.29) is 0 Å². The molecule has 0 aliphatic heterocycles. The highest BCUT2D eigenvalue weighted by Gasteiger charge is 2.09. The van der Waals surface area contributed by atoms with E-state index in [1.807, 2.05) is 35.0 Å². The van der Waals surface area contributed by atoms with E-state index < -0.39 is 0 Å². The molecule has 0 aliphatic rings. The number of imidazole rings is 1. The molecule has 0 atom stereocenters. The Kier molecular flexibility index (Phi) is 3.31. The molecule has 0 amide bonds. The summed E-state index contributed by atoms with van der Waals surface area (Å²) in [6.07, 6.45) is 4.02. The predicted octanol–water partition coefficient (Wildman–Crippen LogP) is 2.96. The number of hydrogen-bond donors (Lipinski definition) is 1. The van der Waals surface area contributed by atoms with Crippen molar-refractivity contribution in [3.8, 4) is 10.7 Å². The van der Waals surface area contributed by atoms with Gasteiger partial charge in [-0.15, -0.1) is 11.3 Å². The molecule has 3 aromatic heterocycles. The zero-order chi connectivity index (χ0) is 13.2. The van der Waals surface area contributed by atoms with E-state index in [4.69, 9.17) is 0 Å². The molecule has 0 spiro atoms. The second kappa shape index (κ2) is 5.11. The SMILES string of the molecule is CC(C)NCc1csc(-c2cn3ccccc3n2)n1. The summed E-state index contributed by atoms with van der Waals surface area (Å²) in [6, 6.07) is 6.46. The van der Waals surface area contributed by atoms with Crippen LogP contribution in [0.15, 0.2) is 36.0 Å². The summed E-state index contributed by atoms with van der Waals surface area (Å²) in [6.45, 7) is 5.08. The van der Waals surface area contributed by atoms with Crippen molar-refractivity contribution < 1.29 is 0 Å². The molecule has 3 aromatic rings. The molecule has 4 nitrogen and oxygen atoms in total. The van der Waals surface area contributed by atoms with Gasteiger partial charge in [0.15, 0.2) is 0 Å². The third kappa shape index (κ3) is 2.67. The standard InChI is InChI=1S/C14H16N4S/c1-10(2)15-7-11-9-19-14(16-11)12-8-18-6-4-3-5-13(18)17-12/h3-6,8-10,15H,7H2,1-2H3. The van der Waals surface area contributed by atoms with E-state index in [1.165, 1.54) is 0 Å². The Bertz CT molecular complexity index is 650. The fourth-order valence-corrected chi connectivity index (χ4v) is 2.62. The number of rotatable bonds is 4. The van der Waals surface area contributed by atoms with Crippen molar-refractivity contribution in [2.24, 2.45) is 0 Å². The Hall–Kier alpha value is -1.72. The lowest BCUT2D eigenvalue weighted by Gasteiger charge is -2.04. The first-order valence-electron chi connectivity index (χ1n) is 6.34. The Labute approximate surface area is 116 Å². The normalized spacial score (nSPS) is 11.5. The van der Waals surface area contributed by atoms with Crippen molar-refractivity contribution in [3.05, 3.63) is 41.7 Å². The number of fused-ring (bicyclic) bond motifs is 1. The van der Waals surface area contributed by atoms with Crippen LogP contribution < -0.4 is 5.32 Å². The van der Waals surface area contributed by atoms with Gasteiger partial charge in [-0.3, -0.25) is 0 Å². The molecule has 3 rings (SSSR count). The van der Waals surface area contributed by atoms with Crippen LogP contribution in [0.25, 0.3) is 16.3 Å². The largest absolute Gasteiger partial charge is 0.309 e. The van der Waals surface area contributed by atoms with Crippen LogP contribution in [0, 0.1) is 0 Å². The average Bonchev–Trinajstić information content (AvgIpc) is 3.02. The summed E-state index contributed by atoms with van der Waals surface area (Å²) >= 11 is 1.64. The molecule has 5 heteroatoms. The Morgan fingerprint density at radius 3 is 3.00 bits per heavy atom. The quantitative estimate of drug-likeness (QED) is 0.794. The van der Waals surface area contributed by atoms with Gasteiger partial charge >= 0.3 is 0 Å². The molecule has 0 bridgehead atoms. The number of aromatic nitrogens is 3. The lowest BCUT2D eigenvalue weighted by molar-refractivity contribution is 0.583. The number of thiazole rings is 1. The lowest BCUT2D eigenvalue weighted by atomic mass is 10.3. The molecule has 98 valence electrons. The maximum Gasteiger partial charge on any atom is 0.143 e. The number of pyridine rings is 1. The van der Waals surface area contributed by atoms with E-state index in [2.05, 4.69) is 34.5 Å². The first kappa shape index (κ1) is 12.3. The van der Waals surface area contributed by atoms with Crippen molar-refractivity contribution in [2.45, 2.75) is 26.4 Å². The number of nitrogens with zero attached hydrogens (tertiary/aromatic N) is 3. The van der Waals surface area contributed by atoms with Crippen molar-refractivity contribution in [2.75, 3.05) is 0 Å². The van der Waals surface area contributed by atoms with E-state index in [1.54, 1.807) is 11.3 Å². The zero-order valence-electron chi connectivity index (χ0n) is 11.0. The van der Waals surface area contributed by atoms with Crippen LogP contribution >= 0.6 is 11.3 Å². The summed E-state index contributed by atoms with van der Waals surface area (Å²) < 4.78 is 2.02. The van der Waals surface area contributed by atoms with E-state index in [0.717, 1.165) is 28.6 Å². The molecule has 0 fully saturated rings. The van der Waals surface area contributed by atoms with Gasteiger partial charge in [0.2, 0.25) is 0 Å². The molecule has 1 N–H and O–H groups in total. The smallest absolute Gasteiger partial charge is 0.143 e. The first-order chi connectivity index (χ1) is 9.22. The fourth-order valence-electron chi connectivity index (χ4n) is 1.85. The van der Waals surface area contributed by atoms with E-state index in [0.29, 0.717) is 6.04 Å². The highest BCUT2D eigenvalue weighted by Crippen LogP contribution is 2.23. The van der Waals surface area contributed by atoms with Crippen molar-refractivity contribution >= 4 is 17.0 Å². The summed E-state index contributed by atoms with van der Waals surface area (Å²) in [5.74, 6) is 0. The molecule has 0 saturated heterocycles. The zero-order valence-corrected chi connectivity index (χ0v) is 11.8. The monoisotopic (exact) mass is 272 g/mol. The second-order valence-corrected chi connectivity index (χ2v) is 5.63. The van der Waals surface area contributed by atoms with Gasteiger partial charge < -0.3 is 9.72 Å². The molecule has 19 heavy (non-hydrogen) atoms. The minimum Gasteiger partial charge on any atom is -0.309 e. The molecular weight excluding hydrogens is 256 g/mol. The first-order valence-corrected chi connectivity index (χ1v) is 7.22. The number of nitrogens with one attached hydrogen (secondary N) is 1. The third-order valence-electron chi connectivity index (χ3n) is 2.83. The summed E-state index contributed by atoms with van der Waals surface area (Å²) in [4.78, 5) is 9.21. The van der Waals surface area contributed by atoms with Crippen LogP contribution in [0.2, 0.25) is 0 Å². The highest BCUT2D eigenvalue weighted by atomic mass is 32.1. The Morgan fingerprint density at radius 1 is 1.32 bits per heavy atom. The highest BCUT2D eigenvalue weighted by molar-refractivity contribution is 7.13. The minimum absolute atomic E-state index is 0.473. The van der Waals surface area contributed by atoms with Crippen molar-refractivity contribution in [1.29, 1.82) is 0 Å². The molecule has 0 radical (unpaired) electrons. The van der Waals surface area contributed by atoms with E-state index in [9.17, 15) is 0 Å². The van der Waals surface area contributed by atoms with Crippen LogP contribution in [0.4, 0.5) is 0 Å². The van der Waals surface area contributed by atoms with Gasteiger partial charge in [0, 0.05) is 30.4 Å². The van der Waals surface area contributed by atoms with Crippen molar-refractivity contribution in [1.82, 2.24) is 19.7 Å². The molecular formula is C14H16N4S. The molecule has 0 aromatic carbocycles. The maximum atomic E-state index is 4.63. The molecule has 0 saturated carbocycles. The topological polar surface area (TPSA) is 42.2 Å². The van der Waals surface area contributed by atoms with Crippen LogP contribution in [0.1, 0.15) is 19.5 Å². The van der Waals surface area contributed by atoms with Gasteiger partial charge in [0.05, 0.1) is 5.69 Å². The van der Waals surface area contributed by atoms with Gasteiger partial charge in [-0.05, 0) is 12.1 Å². The van der Waals surface area contributed by atoms with Crippen LogP contribution in [-0.4, -0.2) is 20.4 Å². The van der Waals surface area contributed by atoms with Crippen LogP contribution in [-0.2, 0) is 6.54 Å². The fraction of sp³-hybridized carbons (Fsp3) is 0.286. The summed E-state index contributed by atoms with van der Waals surface area (Å²) in [5, 5.41) is 6.44. The number of hydrogen-bond acceptors (Lipinski definition) is 4. The Balaban J connectivity index is 1.85. The van der Waals surface area contributed by atoms with Gasteiger partial charge in [0.25, 0.3) is 0 Å². The predicted molar refractivity (Wildman–Crippen MR) is 78.3 cm³/mol. The van der Waals surface area contributed by atoms with Crippen LogP contribution in [0.5, 0.6) is 0 Å². The van der Waals surface area contributed by atoms with Crippen LogP contribution in [0.3, 0.4) is 0 Å². The molecule has 0 aliphatic carbocycles. The average molecular weight is 272 g/mol. The van der Waals surface area contributed by atoms with E-state index >= 15 is 0 Å². The minimum atomic E-state index is 0.473. The summed E-state index contributed by atoms with van der Waals surface area (Å²) in [7, 11) is 0. The maximum absolute atomic E-state index is 4.63. The second-order valence-electron chi connectivity index (χ2n) is 4.77. The molecule has 3 heterocycles. The van der Waals surface area contributed by atoms with Gasteiger partial charge in [-0.1, -0.05) is 19.9 Å². The Morgan fingerprint density at radius 2 is 2.21 bits per heavy atom. The van der Waals surface area contributed by atoms with Crippen molar-refractivity contribution in [3.63, 3.8) is 0 Å². The lowest BCUT2D eigenvalue weighted by Crippen LogP contribution is -2.21. The van der Waals surface area contributed by atoms with Gasteiger partial charge in [-0.25, -0.2) is 9.97 Å². The van der Waals surface area contributed by atoms with Gasteiger partial charge in [-0.2, -0.15) is 0 Å². The summed E-state index contributed by atoms with van der Waals surface area (Å²) in [5.41, 5.74) is 2.97. The third-order valence-corrected chi connectivity index (χ3v) is 3.74. The molecule has 0 unspecified atom stereocenters. The van der Waals surface area contributed by atoms with Gasteiger partial charge in [0.1, 0.15) is 16.3 Å².